The van der Waals surface area contributed by atoms with Crippen LogP contribution in [0.5, 0.6) is 0 Å². The van der Waals surface area contributed by atoms with Gasteiger partial charge in [0, 0.05) is 4.90 Å². The third kappa shape index (κ3) is 2.15. The highest BCUT2D eigenvalue weighted by molar-refractivity contribution is 7.97. The van der Waals surface area contributed by atoms with Crippen LogP contribution in [0.3, 0.4) is 0 Å². The fourth-order valence-electron chi connectivity index (χ4n) is 0.746. The maximum Gasteiger partial charge on any atom is 0.416 e. The molecule has 0 saturated carbocycles. The van der Waals surface area contributed by atoms with E-state index < -0.39 is 11.7 Å². The fourth-order valence-corrected chi connectivity index (χ4v) is 1.10. The molecule has 2 N–H and O–H groups in total. The van der Waals surface area contributed by atoms with Gasteiger partial charge in [0.1, 0.15) is 0 Å². The minimum absolute atomic E-state index is 0.407. The molecular weight excluding hydrogens is 187 g/mol. The topological polar surface area (TPSA) is 26.0 Å². The summed E-state index contributed by atoms with van der Waals surface area (Å²) in [4.78, 5) is 0.407. The summed E-state index contributed by atoms with van der Waals surface area (Å²) in [7, 11) is 0. The normalized spacial score (nSPS) is 11.7. The minimum Gasteiger partial charge on any atom is -0.274 e. The second kappa shape index (κ2) is 3.37. The van der Waals surface area contributed by atoms with Crippen molar-refractivity contribution in [3.63, 3.8) is 0 Å². The molecule has 1 aromatic carbocycles. The van der Waals surface area contributed by atoms with E-state index in [9.17, 15) is 13.2 Å². The number of hydrogen-bond donors (Lipinski definition) is 1. The highest BCUT2D eigenvalue weighted by atomic mass is 32.2. The number of alkyl halides is 3. The molecule has 1 nitrogen and oxygen atoms in total. The van der Waals surface area contributed by atoms with E-state index in [0.717, 1.165) is 24.1 Å². The second-order valence-corrected chi connectivity index (χ2v) is 2.85. The Morgan fingerprint density at radius 2 is 1.92 bits per heavy atom. The molecule has 0 fully saturated rings. The molecule has 0 bridgehead atoms. The summed E-state index contributed by atoms with van der Waals surface area (Å²) in [5.74, 6) is 0. The van der Waals surface area contributed by atoms with E-state index in [0.29, 0.717) is 4.90 Å². The molecule has 0 aliphatic rings. The number of halogens is 3. The smallest absolute Gasteiger partial charge is 0.274 e. The summed E-state index contributed by atoms with van der Waals surface area (Å²) in [6.45, 7) is 0. The Morgan fingerprint density at radius 3 is 2.42 bits per heavy atom. The van der Waals surface area contributed by atoms with Gasteiger partial charge >= 0.3 is 6.18 Å². The molecule has 0 saturated heterocycles. The van der Waals surface area contributed by atoms with Crippen LogP contribution in [0.4, 0.5) is 13.2 Å². The number of hydrogen-bond acceptors (Lipinski definition) is 2. The Morgan fingerprint density at radius 1 is 1.25 bits per heavy atom. The van der Waals surface area contributed by atoms with Crippen molar-refractivity contribution in [3.8, 4) is 0 Å². The first kappa shape index (κ1) is 9.41. The Kier molecular flexibility index (Phi) is 2.64. The molecule has 12 heavy (non-hydrogen) atoms. The Labute approximate surface area is 71.9 Å². The lowest BCUT2D eigenvalue weighted by atomic mass is 10.2. The first-order valence-corrected chi connectivity index (χ1v) is 3.96. The SMILES string of the molecule is NSc1cccc(C(F)(F)F)c1. The van der Waals surface area contributed by atoms with Crippen LogP contribution in [-0.4, -0.2) is 0 Å². The zero-order valence-corrected chi connectivity index (χ0v) is 6.75. The molecule has 0 aromatic heterocycles. The molecule has 0 atom stereocenters. The molecule has 0 heterocycles. The lowest BCUT2D eigenvalue weighted by Crippen LogP contribution is -2.04. The van der Waals surface area contributed by atoms with E-state index in [4.69, 9.17) is 5.14 Å². The molecule has 0 aliphatic heterocycles. The molecule has 1 aromatic rings. The first-order chi connectivity index (χ1) is 5.54. The Bertz CT molecular complexity index is 272. The molecule has 66 valence electrons. The first-order valence-electron chi connectivity index (χ1n) is 3.08. The quantitative estimate of drug-likeness (QED) is 0.694. The average molecular weight is 193 g/mol. The van der Waals surface area contributed by atoms with Crippen LogP contribution < -0.4 is 5.14 Å². The minimum atomic E-state index is -4.29. The highest BCUT2D eigenvalue weighted by Gasteiger charge is 2.30. The van der Waals surface area contributed by atoms with Crippen LogP contribution in [0.2, 0.25) is 0 Å². The van der Waals surface area contributed by atoms with Crippen molar-refractivity contribution in [1.82, 2.24) is 0 Å². The van der Waals surface area contributed by atoms with Gasteiger partial charge in [-0.25, -0.2) is 0 Å². The molecular formula is C7H6F3NS. The van der Waals surface area contributed by atoms with Crippen molar-refractivity contribution in [2.24, 2.45) is 5.14 Å². The zero-order valence-electron chi connectivity index (χ0n) is 5.93. The fraction of sp³-hybridized carbons (Fsp3) is 0.143. The van der Waals surface area contributed by atoms with Gasteiger partial charge in [-0.3, -0.25) is 5.14 Å². The molecule has 0 aliphatic carbocycles. The van der Waals surface area contributed by atoms with Crippen LogP contribution in [0.15, 0.2) is 29.2 Å². The van der Waals surface area contributed by atoms with Gasteiger partial charge in [0.05, 0.1) is 5.56 Å². The van der Waals surface area contributed by atoms with Crippen molar-refractivity contribution in [2.45, 2.75) is 11.1 Å². The van der Waals surface area contributed by atoms with Crippen LogP contribution in [0.25, 0.3) is 0 Å². The largest absolute Gasteiger partial charge is 0.416 e. The molecule has 5 heteroatoms. The van der Waals surface area contributed by atoms with Gasteiger partial charge in [0.25, 0.3) is 0 Å². The van der Waals surface area contributed by atoms with Crippen molar-refractivity contribution in [1.29, 1.82) is 0 Å². The summed E-state index contributed by atoms with van der Waals surface area (Å²) in [6, 6.07) is 4.89. The number of rotatable bonds is 1. The predicted octanol–water partition coefficient (Wildman–Crippen LogP) is 2.67. The van der Waals surface area contributed by atoms with Gasteiger partial charge in [0.15, 0.2) is 0 Å². The maximum absolute atomic E-state index is 12.1. The van der Waals surface area contributed by atoms with Gasteiger partial charge in [-0.05, 0) is 30.1 Å². The number of nitrogens with two attached hydrogens (primary N) is 1. The van der Waals surface area contributed by atoms with E-state index in [1.807, 2.05) is 0 Å². The van der Waals surface area contributed by atoms with E-state index in [1.54, 1.807) is 0 Å². The Balaban J connectivity index is 3.02. The van der Waals surface area contributed by atoms with E-state index in [-0.39, 0.29) is 0 Å². The van der Waals surface area contributed by atoms with Crippen molar-refractivity contribution >= 4 is 11.9 Å². The summed E-state index contributed by atoms with van der Waals surface area (Å²) in [5.41, 5.74) is -0.669. The average Bonchev–Trinajstić information content (AvgIpc) is 2.03. The zero-order chi connectivity index (χ0) is 9.19. The summed E-state index contributed by atoms with van der Waals surface area (Å²) in [6.07, 6.45) is -4.29. The van der Waals surface area contributed by atoms with Crippen molar-refractivity contribution < 1.29 is 13.2 Å². The van der Waals surface area contributed by atoms with Gasteiger partial charge < -0.3 is 0 Å². The standard InChI is InChI=1S/C7H6F3NS/c8-7(9,10)5-2-1-3-6(4-5)12-11/h1-4H,11H2. The summed E-state index contributed by atoms with van der Waals surface area (Å²) < 4.78 is 36.2. The molecule has 0 unspecified atom stereocenters. The third-order valence-electron chi connectivity index (χ3n) is 1.30. The summed E-state index contributed by atoms with van der Waals surface area (Å²) in [5, 5.41) is 5.11. The van der Waals surface area contributed by atoms with Gasteiger partial charge in [0.2, 0.25) is 0 Å². The summed E-state index contributed by atoms with van der Waals surface area (Å²) >= 11 is 0.799. The van der Waals surface area contributed by atoms with Gasteiger partial charge in [-0.2, -0.15) is 13.2 Å². The predicted molar refractivity (Wildman–Crippen MR) is 41.5 cm³/mol. The van der Waals surface area contributed by atoms with Crippen molar-refractivity contribution in [2.75, 3.05) is 0 Å². The molecule has 1 rings (SSSR count). The second-order valence-electron chi connectivity index (χ2n) is 2.14. The van der Waals surface area contributed by atoms with E-state index in [1.165, 1.54) is 12.1 Å². The van der Waals surface area contributed by atoms with Crippen LogP contribution in [0.1, 0.15) is 5.56 Å². The van der Waals surface area contributed by atoms with Crippen LogP contribution >= 0.6 is 11.9 Å². The maximum atomic E-state index is 12.1. The lowest BCUT2D eigenvalue weighted by Gasteiger charge is -2.06. The Hall–Kier alpha value is -0.680. The molecule has 0 amide bonds. The number of benzene rings is 1. The lowest BCUT2D eigenvalue weighted by molar-refractivity contribution is -0.137. The molecule has 0 radical (unpaired) electrons. The van der Waals surface area contributed by atoms with Crippen molar-refractivity contribution in [3.05, 3.63) is 29.8 Å². The van der Waals surface area contributed by atoms with E-state index in [2.05, 4.69) is 0 Å². The van der Waals surface area contributed by atoms with Gasteiger partial charge in [-0.1, -0.05) is 6.07 Å². The highest BCUT2D eigenvalue weighted by Crippen LogP contribution is 2.30. The monoisotopic (exact) mass is 193 g/mol. The molecule has 0 spiro atoms. The third-order valence-corrected chi connectivity index (χ3v) is 1.82. The van der Waals surface area contributed by atoms with Crippen LogP contribution in [-0.2, 0) is 6.18 Å². The van der Waals surface area contributed by atoms with E-state index >= 15 is 0 Å². The van der Waals surface area contributed by atoms with Gasteiger partial charge in [-0.15, -0.1) is 0 Å². The van der Waals surface area contributed by atoms with Crippen LogP contribution in [0, 0.1) is 0 Å².